The van der Waals surface area contributed by atoms with Crippen LogP contribution in [0.3, 0.4) is 0 Å². The van der Waals surface area contributed by atoms with Crippen molar-refractivity contribution in [3.05, 3.63) is 66.0 Å². The Bertz CT molecular complexity index is 2510. The summed E-state index contributed by atoms with van der Waals surface area (Å²) >= 11 is 0. The van der Waals surface area contributed by atoms with Crippen molar-refractivity contribution in [2.45, 2.75) is 79.9 Å². The molecule has 5 aromatic rings. The number of phenolic OH excluding ortho intramolecular Hbond substituents is 1. The van der Waals surface area contributed by atoms with Gasteiger partial charge in [0.25, 0.3) is 0 Å². The van der Waals surface area contributed by atoms with Crippen molar-refractivity contribution in [1.29, 1.82) is 0 Å². The highest BCUT2D eigenvalue weighted by Crippen LogP contribution is 2.52. The fraction of sp³-hybridized carbons (Fsp3) is 0.478. The van der Waals surface area contributed by atoms with Gasteiger partial charge in [0.1, 0.15) is 5.75 Å². The number of ether oxygens (including phenoxy) is 1. The van der Waals surface area contributed by atoms with Gasteiger partial charge in [0.05, 0.1) is 79.4 Å². The van der Waals surface area contributed by atoms with Crippen molar-refractivity contribution in [2.24, 2.45) is 0 Å². The van der Waals surface area contributed by atoms with Gasteiger partial charge in [0.15, 0.2) is 17.8 Å². The molecule has 0 bridgehead atoms. The monoisotopic (exact) mass is 815 g/mol. The highest BCUT2D eigenvalue weighted by atomic mass is 16.5. The number of unbranched alkanes of at least 4 members (excludes halogenated alkanes) is 1. The minimum absolute atomic E-state index is 0. The fourth-order valence-electron chi connectivity index (χ4n) is 8.38. The molecule has 0 spiro atoms. The molecule has 2 amide bonds. The Morgan fingerprint density at radius 1 is 0.814 bits per heavy atom. The van der Waals surface area contributed by atoms with E-state index in [-0.39, 0.29) is 55.4 Å². The summed E-state index contributed by atoms with van der Waals surface area (Å²) in [5, 5.41) is 47.0. The SMILES string of the molecule is C.C.COc1c2c3c4c(c(CCCCC(=O)NC[N+](C)(C)C)c(O)c5c(=O)cc(CO)c(c6c(CO)cc(NCCCC(=O)NCC[NH+](C)C)c(c1=O)c63)c54)C=C(C)C2. The van der Waals surface area contributed by atoms with Crippen LogP contribution < -0.4 is 36.4 Å². The summed E-state index contributed by atoms with van der Waals surface area (Å²) in [6.07, 6.45) is 4.93. The number of carbonyl (C=O) groups is 2. The first kappa shape index (κ1) is 46.6. The van der Waals surface area contributed by atoms with Crippen LogP contribution >= 0.6 is 0 Å². The van der Waals surface area contributed by atoms with E-state index in [2.05, 4.69) is 16.0 Å². The zero-order chi connectivity index (χ0) is 41.3. The largest absolute Gasteiger partial charge is 0.507 e. The predicted octanol–water partition coefficient (Wildman–Crippen LogP) is 3.77. The summed E-state index contributed by atoms with van der Waals surface area (Å²) in [6, 6.07) is 3.06. The maximum Gasteiger partial charge on any atom is 0.230 e. The molecule has 0 aliphatic heterocycles. The van der Waals surface area contributed by atoms with Gasteiger partial charge in [-0.2, -0.15) is 0 Å². The summed E-state index contributed by atoms with van der Waals surface area (Å²) in [5.41, 5.74) is 3.30. The van der Waals surface area contributed by atoms with Crippen LogP contribution in [0.25, 0.3) is 49.2 Å². The van der Waals surface area contributed by atoms with Crippen LogP contribution in [0.2, 0.25) is 0 Å². The Labute approximate surface area is 346 Å². The molecule has 1 aliphatic rings. The van der Waals surface area contributed by atoms with Crippen LogP contribution in [-0.2, 0) is 35.6 Å². The molecular weight excluding hydrogens is 751 g/mol. The number of hydrogen-bond donors (Lipinski definition) is 7. The first-order valence-corrected chi connectivity index (χ1v) is 19.8. The van der Waals surface area contributed by atoms with E-state index in [9.17, 15) is 34.5 Å². The fourth-order valence-corrected chi connectivity index (χ4v) is 8.38. The zero-order valence-electron chi connectivity index (χ0n) is 34.3. The molecule has 0 fully saturated rings. The molecular formula is C46H65N5O8+2. The second-order valence-electron chi connectivity index (χ2n) is 16.8. The van der Waals surface area contributed by atoms with Crippen LogP contribution in [0.15, 0.2) is 27.3 Å². The molecule has 0 saturated carbocycles. The molecule has 1 aliphatic carbocycles. The van der Waals surface area contributed by atoms with Gasteiger partial charge in [0.2, 0.25) is 17.2 Å². The van der Waals surface area contributed by atoms with Crippen molar-refractivity contribution < 1.29 is 39.0 Å². The number of likely N-dealkylation sites (N-methyl/N-ethyl adjacent to an activating group) is 1. The Kier molecular flexibility index (Phi) is 14.9. The Hall–Kier alpha value is -5.08. The van der Waals surface area contributed by atoms with E-state index >= 15 is 0 Å². The maximum atomic E-state index is 14.7. The van der Waals surface area contributed by atoms with Gasteiger partial charge in [-0.25, -0.2) is 0 Å². The van der Waals surface area contributed by atoms with Crippen LogP contribution in [0.4, 0.5) is 5.69 Å². The second kappa shape index (κ2) is 18.9. The highest BCUT2D eigenvalue weighted by Gasteiger charge is 2.32. The van der Waals surface area contributed by atoms with E-state index in [1.165, 1.54) is 18.1 Å². The Morgan fingerprint density at radius 3 is 2.07 bits per heavy atom. The lowest BCUT2D eigenvalue weighted by atomic mass is 9.80. The van der Waals surface area contributed by atoms with Crippen LogP contribution in [-0.4, -0.2) is 100 Å². The first-order chi connectivity index (χ1) is 27.1. The Balaban J connectivity index is 0.00000384. The number of carbonyl (C=O) groups excluding carboxylic acids is 2. The molecule has 320 valence electrons. The third-order valence-electron chi connectivity index (χ3n) is 11.0. The van der Waals surface area contributed by atoms with Gasteiger partial charge in [-0.15, -0.1) is 0 Å². The van der Waals surface area contributed by atoms with Crippen molar-refractivity contribution in [2.75, 3.05) is 74.0 Å². The standard InChI is InChI=1S/C44H55N5O8.2CH4/c1-24-17-28-27(11-8-9-12-33(54)47-23-49(4,5)6)42(55)39-31(52)20-26(22-51)35-34-25(21-50)19-30(45-14-10-13-32(53)46-15-16-48(2)3)38-40(34)37(36(28)41(35)39)29(18-24)44(57-7)43(38)56;;/h17,19-20,50-51H,8-16,18,21-23H2,1-7H3,(H3-,45,46,47,52,53,54,55,56);2*1H4/p+2. The highest BCUT2D eigenvalue weighted by molar-refractivity contribution is 6.38. The van der Waals surface area contributed by atoms with E-state index in [0.717, 1.165) is 12.1 Å². The quantitative estimate of drug-likeness (QED) is 0.0228. The van der Waals surface area contributed by atoms with Crippen LogP contribution in [0, 0.1) is 0 Å². The molecule has 0 aromatic heterocycles. The van der Waals surface area contributed by atoms with Gasteiger partial charge in [-0.05, 0) is 89.4 Å². The number of phenols is 1. The van der Waals surface area contributed by atoms with Crippen molar-refractivity contribution in [3.8, 4) is 11.5 Å². The van der Waals surface area contributed by atoms with E-state index in [1.54, 1.807) is 6.07 Å². The number of anilines is 1. The lowest BCUT2D eigenvalue weighted by Gasteiger charge is -2.25. The number of hydrogen-bond acceptors (Lipinski definition) is 9. The number of aromatic hydroxyl groups is 1. The predicted molar refractivity (Wildman–Crippen MR) is 239 cm³/mol. The summed E-state index contributed by atoms with van der Waals surface area (Å²) < 4.78 is 6.52. The molecule has 13 heteroatoms. The number of nitrogens with one attached hydrogen (secondary N) is 4. The lowest BCUT2D eigenvalue weighted by molar-refractivity contribution is -0.872. The summed E-state index contributed by atoms with van der Waals surface area (Å²) in [5.74, 6) is -0.0985. The van der Waals surface area contributed by atoms with Crippen molar-refractivity contribution in [1.82, 2.24) is 10.6 Å². The lowest BCUT2D eigenvalue weighted by Crippen LogP contribution is -3.06. The van der Waals surface area contributed by atoms with Gasteiger partial charge in [-0.1, -0.05) is 26.5 Å². The molecule has 0 heterocycles. The zero-order valence-corrected chi connectivity index (χ0v) is 34.3. The molecule has 6 rings (SSSR count). The normalized spacial score (nSPS) is 12.5. The van der Waals surface area contributed by atoms with Crippen LogP contribution in [0.1, 0.15) is 81.7 Å². The van der Waals surface area contributed by atoms with E-state index in [1.807, 2.05) is 48.2 Å². The summed E-state index contributed by atoms with van der Waals surface area (Å²) in [7, 11) is 11.5. The molecule has 59 heavy (non-hydrogen) atoms. The van der Waals surface area contributed by atoms with Crippen LogP contribution in [0.5, 0.6) is 11.5 Å². The number of rotatable bonds is 18. The smallest absolute Gasteiger partial charge is 0.230 e. The number of nitrogens with zero attached hydrogens (tertiary/aromatic N) is 1. The molecule has 0 radical (unpaired) electrons. The topological polar surface area (TPSA) is 179 Å². The number of fused-ring (bicyclic) bond motifs is 1. The number of aliphatic hydroxyl groups is 2. The number of methoxy groups -OCH3 is 1. The molecule has 13 nitrogen and oxygen atoms in total. The Morgan fingerprint density at radius 2 is 1.44 bits per heavy atom. The first-order valence-electron chi connectivity index (χ1n) is 19.8. The van der Waals surface area contributed by atoms with E-state index in [0.29, 0.717) is 134 Å². The molecule has 0 unspecified atom stereocenters. The van der Waals surface area contributed by atoms with E-state index < -0.39 is 18.6 Å². The van der Waals surface area contributed by atoms with Crippen molar-refractivity contribution in [3.63, 3.8) is 0 Å². The van der Waals surface area contributed by atoms with Gasteiger partial charge in [-0.3, -0.25) is 19.2 Å². The van der Waals surface area contributed by atoms with Crippen molar-refractivity contribution >= 4 is 66.7 Å². The van der Waals surface area contributed by atoms with Gasteiger partial charge >= 0.3 is 0 Å². The molecule has 0 atom stereocenters. The number of aliphatic hydroxyl groups excluding tert-OH is 2. The summed E-state index contributed by atoms with van der Waals surface area (Å²) in [6.45, 7) is 3.30. The number of quaternary nitrogens is 2. The number of amides is 2. The minimum atomic E-state index is -0.490. The maximum absolute atomic E-state index is 14.7. The van der Waals surface area contributed by atoms with Gasteiger partial charge < -0.3 is 45.4 Å². The number of allylic oxidation sites excluding steroid dienone is 1. The average Bonchev–Trinajstić information content (AvgIpc) is 3.30. The van der Waals surface area contributed by atoms with E-state index in [4.69, 9.17) is 4.74 Å². The van der Waals surface area contributed by atoms with Gasteiger partial charge in [0, 0.05) is 47.0 Å². The second-order valence-corrected chi connectivity index (χ2v) is 16.8. The molecule has 0 saturated heterocycles. The average molecular weight is 816 g/mol. The third kappa shape index (κ3) is 9.08. The minimum Gasteiger partial charge on any atom is -0.507 e. The third-order valence-corrected chi connectivity index (χ3v) is 11.0. The number of benzene rings is 5. The molecule has 7 N–H and O–H groups in total. The summed E-state index contributed by atoms with van der Waals surface area (Å²) in [4.78, 5) is 55.1. The molecule has 5 aromatic carbocycles.